The highest BCUT2D eigenvalue weighted by molar-refractivity contribution is 6.28. The highest BCUT2D eigenvalue weighted by Crippen LogP contribution is 2.18. The summed E-state index contributed by atoms with van der Waals surface area (Å²) >= 11 is 5.92. The first kappa shape index (κ1) is 15.8. The normalized spacial score (nSPS) is 15.1. The summed E-state index contributed by atoms with van der Waals surface area (Å²) in [5.41, 5.74) is -0.268. The van der Waals surface area contributed by atoms with Crippen LogP contribution in [0, 0.1) is 0 Å². The first-order valence-electron chi connectivity index (χ1n) is 7.05. The van der Waals surface area contributed by atoms with Gasteiger partial charge in [-0.15, -0.1) is 0 Å². The minimum absolute atomic E-state index is 0.0943. The Kier molecular flexibility index (Phi) is 4.82. The van der Waals surface area contributed by atoms with Gasteiger partial charge in [-0.05, 0) is 45.2 Å². The second-order valence-corrected chi connectivity index (χ2v) is 6.41. The first-order valence-corrected chi connectivity index (χ1v) is 7.43. The van der Waals surface area contributed by atoms with Gasteiger partial charge in [-0.25, -0.2) is 0 Å². The quantitative estimate of drug-likeness (QED) is 0.875. The predicted octanol–water partition coefficient (Wildman–Crippen LogP) is 1.45. The fourth-order valence-electron chi connectivity index (χ4n) is 2.10. The lowest BCUT2D eigenvalue weighted by Crippen LogP contribution is -2.43. The average Bonchev–Trinajstić information content (AvgIpc) is 2.87. The van der Waals surface area contributed by atoms with Crippen LogP contribution in [0.4, 0.5) is 11.9 Å². The maximum absolute atomic E-state index is 11.8. The number of halogens is 1. The van der Waals surface area contributed by atoms with E-state index in [0.717, 1.165) is 25.9 Å². The molecule has 7 nitrogen and oxygen atoms in total. The zero-order valence-electron chi connectivity index (χ0n) is 12.6. The fourth-order valence-corrected chi connectivity index (χ4v) is 2.25. The van der Waals surface area contributed by atoms with Gasteiger partial charge < -0.3 is 15.5 Å². The topological polar surface area (TPSA) is 83.0 Å². The Morgan fingerprint density at radius 3 is 2.52 bits per heavy atom. The summed E-state index contributed by atoms with van der Waals surface area (Å²) in [6, 6.07) is 0. The molecule has 2 rings (SSSR count). The monoisotopic (exact) mass is 312 g/mol. The molecule has 0 unspecified atom stereocenters. The van der Waals surface area contributed by atoms with Crippen molar-refractivity contribution < 1.29 is 4.79 Å². The Balaban J connectivity index is 1.98. The van der Waals surface area contributed by atoms with E-state index in [4.69, 9.17) is 11.6 Å². The molecule has 0 aliphatic carbocycles. The van der Waals surface area contributed by atoms with Crippen LogP contribution < -0.4 is 15.5 Å². The maximum Gasteiger partial charge on any atom is 0.239 e. The van der Waals surface area contributed by atoms with Gasteiger partial charge in [0.2, 0.25) is 23.1 Å². The van der Waals surface area contributed by atoms with Crippen molar-refractivity contribution in [3.63, 3.8) is 0 Å². The zero-order chi connectivity index (χ0) is 15.5. The molecule has 0 atom stereocenters. The van der Waals surface area contributed by atoms with Crippen LogP contribution in [0.5, 0.6) is 0 Å². The minimum atomic E-state index is -0.268. The number of rotatable bonds is 4. The molecule has 1 amide bonds. The van der Waals surface area contributed by atoms with Crippen molar-refractivity contribution in [2.75, 3.05) is 29.9 Å². The van der Waals surface area contributed by atoms with E-state index in [2.05, 4.69) is 30.5 Å². The van der Waals surface area contributed by atoms with Crippen LogP contribution in [0.25, 0.3) is 0 Å². The van der Waals surface area contributed by atoms with Crippen LogP contribution in [0.15, 0.2) is 0 Å². The third-order valence-electron chi connectivity index (χ3n) is 2.91. The van der Waals surface area contributed by atoms with Gasteiger partial charge in [0.25, 0.3) is 0 Å². The molecular formula is C13H21ClN6O. The van der Waals surface area contributed by atoms with E-state index < -0.39 is 0 Å². The van der Waals surface area contributed by atoms with Crippen molar-refractivity contribution in [3.05, 3.63) is 5.28 Å². The van der Waals surface area contributed by atoms with Crippen molar-refractivity contribution in [2.45, 2.75) is 39.2 Å². The van der Waals surface area contributed by atoms with Gasteiger partial charge in [0.1, 0.15) is 0 Å². The molecule has 0 radical (unpaired) electrons. The molecule has 21 heavy (non-hydrogen) atoms. The molecule has 1 aromatic rings. The number of aromatic nitrogens is 3. The summed E-state index contributed by atoms with van der Waals surface area (Å²) in [4.78, 5) is 26.3. The molecule has 1 aromatic heterocycles. The Hall–Kier alpha value is -1.63. The number of nitrogens with zero attached hydrogens (tertiary/aromatic N) is 4. The van der Waals surface area contributed by atoms with E-state index in [1.807, 2.05) is 20.8 Å². The Morgan fingerprint density at radius 2 is 1.90 bits per heavy atom. The lowest BCUT2D eigenvalue weighted by molar-refractivity contribution is -0.120. The third-order valence-corrected chi connectivity index (χ3v) is 3.08. The first-order chi connectivity index (χ1) is 9.83. The summed E-state index contributed by atoms with van der Waals surface area (Å²) in [5, 5.41) is 5.87. The van der Waals surface area contributed by atoms with Gasteiger partial charge in [-0.2, -0.15) is 15.0 Å². The van der Waals surface area contributed by atoms with Gasteiger partial charge in [-0.1, -0.05) is 0 Å². The van der Waals surface area contributed by atoms with Gasteiger partial charge >= 0.3 is 0 Å². The number of nitrogens with one attached hydrogen (secondary N) is 2. The SMILES string of the molecule is CC(C)(C)NC(=O)CNc1nc(Cl)nc(N2CCCC2)n1. The van der Waals surface area contributed by atoms with E-state index in [1.54, 1.807) is 0 Å². The molecule has 1 aliphatic heterocycles. The van der Waals surface area contributed by atoms with Gasteiger partial charge in [-0.3, -0.25) is 4.79 Å². The van der Waals surface area contributed by atoms with Crippen LogP contribution in [0.1, 0.15) is 33.6 Å². The number of amides is 1. The molecule has 1 aliphatic rings. The smallest absolute Gasteiger partial charge is 0.239 e. The third kappa shape index (κ3) is 5.00. The summed E-state index contributed by atoms with van der Waals surface area (Å²) in [7, 11) is 0. The molecule has 2 heterocycles. The van der Waals surface area contributed by atoms with Gasteiger partial charge in [0.05, 0.1) is 6.54 Å². The number of carbonyl (C=O) groups is 1. The lowest BCUT2D eigenvalue weighted by Gasteiger charge is -2.20. The highest BCUT2D eigenvalue weighted by Gasteiger charge is 2.18. The molecule has 1 saturated heterocycles. The number of anilines is 2. The summed E-state index contributed by atoms with van der Waals surface area (Å²) < 4.78 is 0. The van der Waals surface area contributed by atoms with Crippen molar-refractivity contribution in [2.24, 2.45) is 0 Å². The van der Waals surface area contributed by atoms with Crippen LogP contribution in [-0.2, 0) is 4.79 Å². The van der Waals surface area contributed by atoms with Crippen molar-refractivity contribution >= 4 is 29.4 Å². The van der Waals surface area contributed by atoms with Crippen molar-refractivity contribution in [1.82, 2.24) is 20.3 Å². The molecular weight excluding hydrogens is 292 g/mol. The molecule has 0 bridgehead atoms. The maximum atomic E-state index is 11.8. The molecule has 0 spiro atoms. The summed E-state index contributed by atoms with van der Waals surface area (Å²) in [6.07, 6.45) is 2.25. The largest absolute Gasteiger partial charge is 0.350 e. The zero-order valence-corrected chi connectivity index (χ0v) is 13.4. The Morgan fingerprint density at radius 1 is 1.24 bits per heavy atom. The summed E-state index contributed by atoms with van der Waals surface area (Å²) in [6.45, 7) is 7.72. The number of hydrogen-bond donors (Lipinski definition) is 2. The molecule has 116 valence electrons. The lowest BCUT2D eigenvalue weighted by atomic mass is 10.1. The van der Waals surface area contributed by atoms with E-state index in [0.29, 0.717) is 11.9 Å². The minimum Gasteiger partial charge on any atom is -0.350 e. The van der Waals surface area contributed by atoms with E-state index in [-0.39, 0.29) is 23.3 Å². The standard InChI is InChI=1S/C13H21ClN6O/c1-13(2,3)19-9(21)8-15-11-16-10(14)17-12(18-11)20-6-4-5-7-20/h4-8H2,1-3H3,(H,19,21)(H,15,16,17,18). The molecule has 0 saturated carbocycles. The number of hydrogen-bond acceptors (Lipinski definition) is 6. The van der Waals surface area contributed by atoms with Gasteiger partial charge in [0.15, 0.2) is 0 Å². The molecule has 8 heteroatoms. The number of carbonyl (C=O) groups excluding carboxylic acids is 1. The Labute approximate surface area is 129 Å². The van der Waals surface area contributed by atoms with E-state index in [9.17, 15) is 4.79 Å². The second-order valence-electron chi connectivity index (χ2n) is 6.07. The van der Waals surface area contributed by atoms with Crippen LogP contribution in [-0.4, -0.2) is 46.0 Å². The van der Waals surface area contributed by atoms with Crippen molar-refractivity contribution in [3.8, 4) is 0 Å². The average molecular weight is 313 g/mol. The van der Waals surface area contributed by atoms with Crippen molar-refractivity contribution in [1.29, 1.82) is 0 Å². The molecule has 1 fully saturated rings. The molecule has 2 N–H and O–H groups in total. The van der Waals surface area contributed by atoms with E-state index >= 15 is 0 Å². The summed E-state index contributed by atoms with van der Waals surface area (Å²) in [5.74, 6) is 0.758. The Bertz CT molecular complexity index is 510. The van der Waals surface area contributed by atoms with Gasteiger partial charge in [0, 0.05) is 18.6 Å². The molecule has 0 aromatic carbocycles. The van der Waals surface area contributed by atoms with Crippen LogP contribution in [0.2, 0.25) is 5.28 Å². The van der Waals surface area contributed by atoms with E-state index in [1.165, 1.54) is 0 Å². The van der Waals surface area contributed by atoms with Crippen LogP contribution in [0.3, 0.4) is 0 Å². The predicted molar refractivity (Wildman–Crippen MR) is 82.7 cm³/mol. The second kappa shape index (κ2) is 6.43. The van der Waals surface area contributed by atoms with Crippen LogP contribution >= 0.6 is 11.6 Å². The highest BCUT2D eigenvalue weighted by atomic mass is 35.5. The fraction of sp³-hybridized carbons (Fsp3) is 0.692.